The normalized spacial score (nSPS) is 12.7. The van der Waals surface area contributed by atoms with Crippen molar-refractivity contribution in [3.05, 3.63) is 64.2 Å². The molecule has 0 saturated carbocycles. The fourth-order valence-corrected chi connectivity index (χ4v) is 2.95. The number of benzene rings is 2. The zero-order chi connectivity index (χ0) is 20.3. The van der Waals surface area contributed by atoms with E-state index in [2.05, 4.69) is 5.32 Å². The lowest BCUT2D eigenvalue weighted by atomic mass is 10.1. The number of hydrogen-bond donors (Lipinski definition) is 1. The van der Waals surface area contributed by atoms with Crippen LogP contribution >= 0.6 is 11.6 Å². The SMILES string of the molecule is Cc1ccc(Cl)cc1NC(=O)COC(=O)CCN1C(=O)c2ccccc2C1=O. The highest BCUT2D eigenvalue weighted by molar-refractivity contribution is 6.31. The van der Waals surface area contributed by atoms with E-state index in [1.165, 1.54) is 0 Å². The van der Waals surface area contributed by atoms with Gasteiger partial charge in [-0.2, -0.15) is 0 Å². The van der Waals surface area contributed by atoms with E-state index in [1.54, 1.807) is 49.4 Å². The van der Waals surface area contributed by atoms with Gasteiger partial charge in [0.15, 0.2) is 6.61 Å². The number of carbonyl (C=O) groups excluding carboxylic acids is 4. The summed E-state index contributed by atoms with van der Waals surface area (Å²) in [4.78, 5) is 49.3. The second-order valence-electron chi connectivity index (χ2n) is 6.23. The minimum Gasteiger partial charge on any atom is -0.456 e. The number of ether oxygens (including phenoxy) is 1. The molecule has 0 aromatic heterocycles. The summed E-state index contributed by atoms with van der Waals surface area (Å²) in [6, 6.07) is 11.5. The summed E-state index contributed by atoms with van der Waals surface area (Å²) >= 11 is 5.89. The van der Waals surface area contributed by atoms with Crippen molar-refractivity contribution >= 4 is 41.0 Å². The van der Waals surface area contributed by atoms with Crippen LogP contribution in [0.1, 0.15) is 32.7 Å². The Labute approximate surface area is 166 Å². The first-order chi connectivity index (χ1) is 13.4. The lowest BCUT2D eigenvalue weighted by Gasteiger charge is -2.13. The van der Waals surface area contributed by atoms with Gasteiger partial charge in [0.1, 0.15) is 0 Å². The van der Waals surface area contributed by atoms with Crippen molar-refractivity contribution in [2.24, 2.45) is 0 Å². The van der Waals surface area contributed by atoms with Crippen molar-refractivity contribution in [1.29, 1.82) is 0 Å². The highest BCUT2D eigenvalue weighted by Gasteiger charge is 2.35. The molecule has 1 aliphatic heterocycles. The smallest absolute Gasteiger partial charge is 0.308 e. The number of fused-ring (bicyclic) bond motifs is 1. The van der Waals surface area contributed by atoms with Crippen LogP contribution < -0.4 is 5.32 Å². The maximum absolute atomic E-state index is 12.2. The zero-order valence-electron chi connectivity index (χ0n) is 15.0. The summed E-state index contributed by atoms with van der Waals surface area (Å²) in [5, 5.41) is 3.08. The molecule has 0 fully saturated rings. The van der Waals surface area contributed by atoms with Gasteiger partial charge in [0, 0.05) is 17.3 Å². The highest BCUT2D eigenvalue weighted by Crippen LogP contribution is 2.22. The van der Waals surface area contributed by atoms with Crippen molar-refractivity contribution < 1.29 is 23.9 Å². The number of anilines is 1. The van der Waals surface area contributed by atoms with Gasteiger partial charge in [-0.15, -0.1) is 0 Å². The highest BCUT2D eigenvalue weighted by atomic mass is 35.5. The average molecular weight is 401 g/mol. The molecule has 7 nitrogen and oxygen atoms in total. The van der Waals surface area contributed by atoms with Gasteiger partial charge in [0.05, 0.1) is 17.5 Å². The number of amides is 3. The molecule has 0 bridgehead atoms. The molecule has 0 atom stereocenters. The van der Waals surface area contributed by atoms with Gasteiger partial charge in [-0.1, -0.05) is 29.8 Å². The minimum atomic E-state index is -0.686. The molecule has 3 amide bonds. The van der Waals surface area contributed by atoms with E-state index in [0.29, 0.717) is 21.8 Å². The third-order valence-corrected chi connectivity index (χ3v) is 4.49. The molecular weight excluding hydrogens is 384 g/mol. The molecule has 0 spiro atoms. The number of imide groups is 1. The Morgan fingerprint density at radius 3 is 2.36 bits per heavy atom. The summed E-state index contributed by atoms with van der Waals surface area (Å²) in [6.07, 6.45) is -0.199. The van der Waals surface area contributed by atoms with E-state index in [1.807, 2.05) is 0 Å². The van der Waals surface area contributed by atoms with E-state index in [0.717, 1.165) is 10.5 Å². The molecule has 3 rings (SSSR count). The molecule has 1 N–H and O–H groups in total. The third kappa shape index (κ3) is 4.20. The molecule has 8 heteroatoms. The van der Waals surface area contributed by atoms with Crippen LogP contribution in [0.15, 0.2) is 42.5 Å². The minimum absolute atomic E-state index is 0.111. The van der Waals surface area contributed by atoms with Gasteiger partial charge >= 0.3 is 5.97 Å². The van der Waals surface area contributed by atoms with Crippen molar-refractivity contribution in [3.8, 4) is 0 Å². The first-order valence-electron chi connectivity index (χ1n) is 8.53. The number of esters is 1. The topological polar surface area (TPSA) is 92.8 Å². The number of nitrogens with zero attached hydrogens (tertiary/aromatic N) is 1. The van der Waals surface area contributed by atoms with Crippen molar-refractivity contribution in [1.82, 2.24) is 4.90 Å². The lowest BCUT2D eigenvalue weighted by Crippen LogP contribution is -2.32. The van der Waals surface area contributed by atoms with E-state index < -0.39 is 30.3 Å². The Morgan fingerprint density at radius 2 is 1.71 bits per heavy atom. The van der Waals surface area contributed by atoms with Crippen LogP contribution in [-0.2, 0) is 14.3 Å². The maximum Gasteiger partial charge on any atom is 0.308 e. The molecule has 0 aliphatic carbocycles. The quantitative estimate of drug-likeness (QED) is 0.594. The second kappa shape index (κ2) is 8.22. The average Bonchev–Trinajstić information content (AvgIpc) is 2.92. The van der Waals surface area contributed by atoms with E-state index in [9.17, 15) is 19.2 Å². The standard InChI is InChI=1S/C20H17ClN2O5/c1-12-6-7-13(21)10-16(12)22-17(24)11-28-18(25)8-9-23-19(26)14-4-2-3-5-15(14)20(23)27/h2-7,10H,8-9,11H2,1H3,(H,22,24). The van der Waals surface area contributed by atoms with Gasteiger partial charge in [-0.25, -0.2) is 0 Å². The lowest BCUT2D eigenvalue weighted by molar-refractivity contribution is -0.147. The van der Waals surface area contributed by atoms with Crippen LogP contribution in [0.5, 0.6) is 0 Å². The van der Waals surface area contributed by atoms with Crippen molar-refractivity contribution in [3.63, 3.8) is 0 Å². The van der Waals surface area contributed by atoms with Crippen LogP contribution in [0, 0.1) is 6.92 Å². The fraction of sp³-hybridized carbons (Fsp3) is 0.200. The van der Waals surface area contributed by atoms with Crippen LogP contribution in [0.3, 0.4) is 0 Å². The zero-order valence-corrected chi connectivity index (χ0v) is 15.8. The Bertz CT molecular complexity index is 938. The molecule has 0 radical (unpaired) electrons. The number of hydrogen-bond acceptors (Lipinski definition) is 5. The molecule has 2 aromatic carbocycles. The molecule has 1 heterocycles. The van der Waals surface area contributed by atoms with Gasteiger partial charge in [-0.3, -0.25) is 24.1 Å². The molecule has 144 valence electrons. The summed E-state index contributed by atoms with van der Waals surface area (Å²) < 4.78 is 4.92. The van der Waals surface area contributed by atoms with Gasteiger partial charge in [0.25, 0.3) is 17.7 Å². The summed E-state index contributed by atoms with van der Waals surface area (Å²) in [5.74, 6) is -2.08. The van der Waals surface area contributed by atoms with Crippen LogP contribution in [0.25, 0.3) is 0 Å². The molecular formula is C20H17ClN2O5. The van der Waals surface area contributed by atoms with Gasteiger partial charge in [0.2, 0.25) is 0 Å². The molecule has 1 aliphatic rings. The largest absolute Gasteiger partial charge is 0.456 e. The summed E-state index contributed by atoms with van der Waals surface area (Å²) in [5.41, 5.74) is 1.98. The van der Waals surface area contributed by atoms with Crippen molar-refractivity contribution in [2.75, 3.05) is 18.5 Å². The maximum atomic E-state index is 12.2. The third-order valence-electron chi connectivity index (χ3n) is 4.26. The predicted molar refractivity (Wildman–Crippen MR) is 102 cm³/mol. The Morgan fingerprint density at radius 1 is 1.07 bits per heavy atom. The summed E-state index contributed by atoms with van der Waals surface area (Å²) in [7, 11) is 0. The van der Waals surface area contributed by atoms with Crippen molar-refractivity contribution in [2.45, 2.75) is 13.3 Å². The van der Waals surface area contributed by atoms with Crippen LogP contribution in [-0.4, -0.2) is 41.7 Å². The summed E-state index contributed by atoms with van der Waals surface area (Å²) in [6.45, 7) is 1.22. The number of rotatable bonds is 6. The fourth-order valence-electron chi connectivity index (χ4n) is 2.78. The molecule has 0 saturated heterocycles. The predicted octanol–water partition coefficient (Wildman–Crippen LogP) is 2.82. The van der Waals surface area contributed by atoms with Gasteiger partial charge in [-0.05, 0) is 36.8 Å². The van der Waals surface area contributed by atoms with E-state index >= 15 is 0 Å². The molecule has 2 aromatic rings. The number of halogens is 1. The van der Waals surface area contributed by atoms with Gasteiger partial charge < -0.3 is 10.1 Å². The van der Waals surface area contributed by atoms with Crippen LogP contribution in [0.4, 0.5) is 5.69 Å². The Balaban J connectivity index is 1.48. The monoisotopic (exact) mass is 400 g/mol. The molecule has 0 unspecified atom stereocenters. The second-order valence-corrected chi connectivity index (χ2v) is 6.66. The first-order valence-corrected chi connectivity index (χ1v) is 8.91. The Hall–Kier alpha value is -3.19. The van der Waals surface area contributed by atoms with E-state index in [-0.39, 0.29) is 13.0 Å². The first kappa shape index (κ1) is 19.6. The Kier molecular flexibility index (Phi) is 5.75. The number of nitrogens with one attached hydrogen (secondary N) is 1. The number of aryl methyl sites for hydroxylation is 1. The molecule has 28 heavy (non-hydrogen) atoms. The van der Waals surface area contributed by atoms with E-state index in [4.69, 9.17) is 16.3 Å². The number of carbonyl (C=O) groups is 4. The van der Waals surface area contributed by atoms with Crippen LogP contribution in [0.2, 0.25) is 5.02 Å².